The molecule has 1 rings (SSSR count). The standard InChI is InChI=1S/C14H23NO4/c1-10(14(2,3)17)15-11-5-6-12(18-4)13(9-11)19-8-7-16/h5-6,9-10,15-17H,7-8H2,1-4H3. The summed E-state index contributed by atoms with van der Waals surface area (Å²) in [5.41, 5.74) is -0.00477. The first-order valence-electron chi connectivity index (χ1n) is 6.29. The fraction of sp³-hybridized carbons (Fsp3) is 0.571. The largest absolute Gasteiger partial charge is 0.493 e. The predicted octanol–water partition coefficient (Wildman–Crippen LogP) is 1.64. The van der Waals surface area contributed by atoms with Crippen LogP contribution in [0.1, 0.15) is 20.8 Å². The third-order valence-corrected chi connectivity index (χ3v) is 2.96. The Kier molecular flexibility index (Phi) is 5.44. The summed E-state index contributed by atoms with van der Waals surface area (Å²) < 4.78 is 10.6. The number of methoxy groups -OCH3 is 1. The molecule has 0 fully saturated rings. The van der Waals surface area contributed by atoms with Crippen LogP contribution in [0.25, 0.3) is 0 Å². The van der Waals surface area contributed by atoms with Crippen LogP contribution in [0, 0.1) is 0 Å². The number of aliphatic hydroxyl groups excluding tert-OH is 1. The van der Waals surface area contributed by atoms with E-state index in [0.717, 1.165) is 5.69 Å². The molecule has 1 aromatic rings. The number of aliphatic hydroxyl groups is 2. The van der Waals surface area contributed by atoms with Crippen molar-refractivity contribution in [3.05, 3.63) is 18.2 Å². The molecule has 0 aliphatic rings. The summed E-state index contributed by atoms with van der Waals surface area (Å²) in [5.74, 6) is 1.17. The smallest absolute Gasteiger partial charge is 0.163 e. The number of hydrogen-bond donors (Lipinski definition) is 3. The highest BCUT2D eigenvalue weighted by Crippen LogP contribution is 2.31. The average Bonchev–Trinajstić information content (AvgIpc) is 2.35. The first-order valence-corrected chi connectivity index (χ1v) is 6.29. The Labute approximate surface area is 114 Å². The van der Waals surface area contributed by atoms with Crippen molar-refractivity contribution in [2.45, 2.75) is 32.4 Å². The van der Waals surface area contributed by atoms with Gasteiger partial charge in [-0.25, -0.2) is 0 Å². The van der Waals surface area contributed by atoms with Crippen molar-refractivity contribution in [1.82, 2.24) is 0 Å². The molecule has 0 aromatic heterocycles. The van der Waals surface area contributed by atoms with Gasteiger partial charge in [-0.2, -0.15) is 0 Å². The number of anilines is 1. The predicted molar refractivity (Wildman–Crippen MR) is 75.0 cm³/mol. The molecule has 108 valence electrons. The highest BCUT2D eigenvalue weighted by molar-refractivity contribution is 5.55. The van der Waals surface area contributed by atoms with Crippen molar-refractivity contribution in [1.29, 1.82) is 0 Å². The lowest BCUT2D eigenvalue weighted by atomic mass is 10.0. The lowest BCUT2D eigenvalue weighted by molar-refractivity contribution is 0.0649. The minimum absolute atomic E-state index is 0.0547. The van der Waals surface area contributed by atoms with Crippen molar-refractivity contribution < 1.29 is 19.7 Å². The lowest BCUT2D eigenvalue weighted by Crippen LogP contribution is -2.39. The molecule has 0 bridgehead atoms. The highest BCUT2D eigenvalue weighted by Gasteiger charge is 2.22. The molecular weight excluding hydrogens is 246 g/mol. The zero-order valence-electron chi connectivity index (χ0n) is 11.9. The van der Waals surface area contributed by atoms with Crippen molar-refractivity contribution in [3.63, 3.8) is 0 Å². The van der Waals surface area contributed by atoms with Crippen molar-refractivity contribution >= 4 is 5.69 Å². The van der Waals surface area contributed by atoms with Gasteiger partial charge in [-0.15, -0.1) is 0 Å². The van der Waals surface area contributed by atoms with Crippen LogP contribution in [-0.4, -0.2) is 42.2 Å². The molecule has 0 spiro atoms. The fourth-order valence-corrected chi connectivity index (χ4v) is 1.46. The Bertz CT molecular complexity index is 401. The topological polar surface area (TPSA) is 71.0 Å². The maximum absolute atomic E-state index is 9.91. The Balaban J connectivity index is 2.85. The van der Waals surface area contributed by atoms with Gasteiger partial charge in [0.1, 0.15) is 6.61 Å². The van der Waals surface area contributed by atoms with Gasteiger partial charge in [-0.05, 0) is 32.9 Å². The maximum Gasteiger partial charge on any atom is 0.163 e. The molecule has 19 heavy (non-hydrogen) atoms. The van der Waals surface area contributed by atoms with E-state index in [4.69, 9.17) is 14.6 Å². The van der Waals surface area contributed by atoms with E-state index in [1.807, 2.05) is 13.0 Å². The van der Waals surface area contributed by atoms with Crippen molar-refractivity contribution in [2.24, 2.45) is 0 Å². The van der Waals surface area contributed by atoms with Crippen molar-refractivity contribution in [3.8, 4) is 11.5 Å². The Morgan fingerprint density at radius 1 is 1.32 bits per heavy atom. The molecule has 0 radical (unpaired) electrons. The second-order valence-electron chi connectivity index (χ2n) is 4.96. The Morgan fingerprint density at radius 2 is 2.00 bits per heavy atom. The van der Waals surface area contributed by atoms with Gasteiger partial charge in [0, 0.05) is 11.8 Å². The molecular formula is C14H23NO4. The molecule has 0 aliphatic carbocycles. The van der Waals surface area contributed by atoms with Crippen molar-refractivity contribution in [2.75, 3.05) is 25.6 Å². The first-order chi connectivity index (χ1) is 8.88. The second kappa shape index (κ2) is 6.63. The summed E-state index contributed by atoms with van der Waals surface area (Å²) >= 11 is 0. The third kappa shape index (κ3) is 4.61. The molecule has 0 amide bonds. The van der Waals surface area contributed by atoms with Crippen LogP contribution in [0.15, 0.2) is 18.2 Å². The SMILES string of the molecule is COc1ccc(NC(C)C(C)(C)O)cc1OCCO. The Morgan fingerprint density at radius 3 is 2.53 bits per heavy atom. The number of benzene rings is 1. The minimum atomic E-state index is -0.827. The van der Waals surface area contributed by atoms with E-state index in [0.29, 0.717) is 11.5 Å². The molecule has 0 aliphatic heterocycles. The van der Waals surface area contributed by atoms with Gasteiger partial charge < -0.3 is 25.0 Å². The normalized spacial score (nSPS) is 12.9. The quantitative estimate of drug-likeness (QED) is 0.702. The van der Waals surface area contributed by atoms with Gasteiger partial charge in [-0.3, -0.25) is 0 Å². The first kappa shape index (κ1) is 15.6. The van der Waals surface area contributed by atoms with E-state index in [9.17, 15) is 5.11 Å². The van der Waals surface area contributed by atoms with Gasteiger partial charge in [-0.1, -0.05) is 0 Å². The van der Waals surface area contributed by atoms with E-state index < -0.39 is 5.60 Å². The highest BCUT2D eigenvalue weighted by atomic mass is 16.5. The second-order valence-corrected chi connectivity index (χ2v) is 4.96. The fourth-order valence-electron chi connectivity index (χ4n) is 1.46. The summed E-state index contributed by atoms with van der Waals surface area (Å²) in [5, 5.41) is 21.9. The number of hydrogen-bond acceptors (Lipinski definition) is 5. The third-order valence-electron chi connectivity index (χ3n) is 2.96. The lowest BCUT2D eigenvalue weighted by Gasteiger charge is -2.28. The van der Waals surface area contributed by atoms with Gasteiger partial charge in [0.2, 0.25) is 0 Å². The molecule has 5 heteroatoms. The van der Waals surface area contributed by atoms with E-state index in [1.54, 1.807) is 33.1 Å². The van der Waals surface area contributed by atoms with E-state index in [2.05, 4.69) is 5.32 Å². The van der Waals surface area contributed by atoms with Crippen LogP contribution in [-0.2, 0) is 0 Å². The Hall–Kier alpha value is -1.46. The number of ether oxygens (including phenoxy) is 2. The molecule has 0 saturated carbocycles. The molecule has 0 saturated heterocycles. The van der Waals surface area contributed by atoms with E-state index >= 15 is 0 Å². The van der Waals surface area contributed by atoms with Crippen LogP contribution < -0.4 is 14.8 Å². The summed E-state index contributed by atoms with van der Waals surface area (Å²) in [7, 11) is 1.56. The summed E-state index contributed by atoms with van der Waals surface area (Å²) in [6.07, 6.45) is 0. The number of rotatable bonds is 7. The molecule has 1 unspecified atom stereocenters. The molecule has 1 aromatic carbocycles. The maximum atomic E-state index is 9.91. The molecule has 1 atom stereocenters. The monoisotopic (exact) mass is 269 g/mol. The summed E-state index contributed by atoms with van der Waals surface area (Å²) in [6, 6.07) is 5.31. The number of nitrogens with one attached hydrogen (secondary N) is 1. The van der Waals surface area contributed by atoms with Gasteiger partial charge in [0.05, 0.1) is 25.4 Å². The van der Waals surface area contributed by atoms with E-state index in [1.165, 1.54) is 0 Å². The molecule has 0 heterocycles. The van der Waals surface area contributed by atoms with Crippen LogP contribution in [0.3, 0.4) is 0 Å². The van der Waals surface area contributed by atoms with Gasteiger partial charge >= 0.3 is 0 Å². The minimum Gasteiger partial charge on any atom is -0.493 e. The summed E-state index contributed by atoms with van der Waals surface area (Å²) in [6.45, 7) is 5.55. The average molecular weight is 269 g/mol. The zero-order chi connectivity index (χ0) is 14.5. The van der Waals surface area contributed by atoms with Gasteiger partial charge in [0.15, 0.2) is 11.5 Å². The van der Waals surface area contributed by atoms with Crippen LogP contribution in [0.4, 0.5) is 5.69 Å². The summed E-state index contributed by atoms with van der Waals surface area (Å²) in [4.78, 5) is 0. The van der Waals surface area contributed by atoms with Crippen LogP contribution >= 0.6 is 0 Å². The van der Waals surface area contributed by atoms with E-state index in [-0.39, 0.29) is 19.3 Å². The molecule has 3 N–H and O–H groups in total. The zero-order valence-corrected chi connectivity index (χ0v) is 11.9. The van der Waals surface area contributed by atoms with Crippen LogP contribution in [0.2, 0.25) is 0 Å². The van der Waals surface area contributed by atoms with Crippen LogP contribution in [0.5, 0.6) is 11.5 Å². The van der Waals surface area contributed by atoms with Gasteiger partial charge in [0.25, 0.3) is 0 Å². The molecule has 5 nitrogen and oxygen atoms in total.